The molecular formula is C19H18ClN3O2. The molecule has 3 aromatic rings. The first-order valence-electron chi connectivity index (χ1n) is 7.89. The number of fused-ring (bicyclic) bond motifs is 1. The first kappa shape index (κ1) is 17.2. The van der Waals surface area contributed by atoms with Crippen molar-refractivity contribution in [1.29, 1.82) is 0 Å². The molecule has 3 rings (SSSR count). The lowest BCUT2D eigenvalue weighted by atomic mass is 10.1. The predicted octanol–water partition coefficient (Wildman–Crippen LogP) is 3.02. The number of carbonyl (C=O) groups excluding carboxylic acids is 1. The van der Waals surface area contributed by atoms with Gasteiger partial charge in [-0.1, -0.05) is 35.9 Å². The number of hydrogen-bond acceptors (Lipinski definition) is 3. The Hall–Kier alpha value is -2.66. The van der Waals surface area contributed by atoms with E-state index in [2.05, 4.69) is 4.98 Å². The van der Waals surface area contributed by atoms with E-state index in [4.69, 9.17) is 11.6 Å². The first-order valence-corrected chi connectivity index (χ1v) is 8.26. The van der Waals surface area contributed by atoms with Gasteiger partial charge in [-0.3, -0.25) is 14.2 Å². The molecule has 1 heterocycles. The van der Waals surface area contributed by atoms with Crippen LogP contribution < -0.4 is 5.56 Å². The molecule has 0 spiro atoms. The van der Waals surface area contributed by atoms with Crippen LogP contribution in [-0.2, 0) is 17.9 Å². The van der Waals surface area contributed by atoms with Crippen molar-refractivity contribution in [3.63, 3.8) is 0 Å². The quantitative estimate of drug-likeness (QED) is 0.723. The molecule has 0 radical (unpaired) electrons. The van der Waals surface area contributed by atoms with Crippen LogP contribution >= 0.6 is 11.6 Å². The summed E-state index contributed by atoms with van der Waals surface area (Å²) in [7, 11) is 1.73. The molecule has 0 bridgehead atoms. The Kier molecular flexibility index (Phi) is 4.86. The molecule has 0 N–H and O–H groups in total. The molecule has 25 heavy (non-hydrogen) atoms. The number of likely N-dealkylation sites (N-methyl/N-ethyl adjacent to an activating group) is 1. The second-order valence-electron chi connectivity index (χ2n) is 6.02. The van der Waals surface area contributed by atoms with Crippen LogP contribution in [0, 0.1) is 6.92 Å². The molecule has 0 aliphatic heterocycles. The van der Waals surface area contributed by atoms with E-state index >= 15 is 0 Å². The van der Waals surface area contributed by atoms with Crippen LogP contribution in [0.3, 0.4) is 0 Å². The van der Waals surface area contributed by atoms with Gasteiger partial charge in [0.15, 0.2) is 0 Å². The number of halogens is 1. The second kappa shape index (κ2) is 7.07. The number of hydrogen-bond donors (Lipinski definition) is 0. The van der Waals surface area contributed by atoms with Gasteiger partial charge in [0.1, 0.15) is 6.54 Å². The zero-order chi connectivity index (χ0) is 18.0. The van der Waals surface area contributed by atoms with Gasteiger partial charge in [-0.2, -0.15) is 0 Å². The summed E-state index contributed by atoms with van der Waals surface area (Å²) in [5.74, 6) is -0.152. The lowest BCUT2D eigenvalue weighted by Crippen LogP contribution is -2.33. The number of carbonyl (C=O) groups is 1. The van der Waals surface area contributed by atoms with E-state index in [-0.39, 0.29) is 18.0 Å². The van der Waals surface area contributed by atoms with Gasteiger partial charge in [-0.15, -0.1) is 0 Å². The minimum atomic E-state index is -0.251. The monoisotopic (exact) mass is 355 g/mol. The molecule has 6 heteroatoms. The molecule has 0 saturated heterocycles. The molecule has 128 valence electrons. The highest BCUT2D eigenvalue weighted by Crippen LogP contribution is 2.14. The van der Waals surface area contributed by atoms with Crippen LogP contribution in [0.2, 0.25) is 5.02 Å². The maximum Gasteiger partial charge on any atom is 0.261 e. The second-order valence-corrected chi connectivity index (χ2v) is 6.45. The molecule has 1 amide bonds. The molecule has 2 aromatic carbocycles. The molecule has 0 atom stereocenters. The Morgan fingerprint density at radius 3 is 2.76 bits per heavy atom. The van der Waals surface area contributed by atoms with Crippen molar-refractivity contribution >= 4 is 28.4 Å². The fourth-order valence-electron chi connectivity index (χ4n) is 2.64. The summed E-state index contributed by atoms with van der Waals surface area (Å²) in [6.07, 6.45) is 1.39. The number of nitrogens with zero attached hydrogens (tertiary/aromatic N) is 3. The average Bonchev–Trinajstić information content (AvgIpc) is 2.59. The van der Waals surface area contributed by atoms with Gasteiger partial charge in [0.05, 0.1) is 17.2 Å². The van der Waals surface area contributed by atoms with E-state index in [0.717, 1.165) is 11.1 Å². The molecule has 0 unspecified atom stereocenters. The summed E-state index contributed by atoms with van der Waals surface area (Å²) in [6, 6.07) is 12.8. The van der Waals surface area contributed by atoms with Crippen LogP contribution in [0.15, 0.2) is 53.6 Å². The smallest absolute Gasteiger partial charge is 0.261 e. The predicted molar refractivity (Wildman–Crippen MR) is 98.7 cm³/mol. The van der Waals surface area contributed by atoms with Crippen molar-refractivity contribution in [1.82, 2.24) is 14.5 Å². The fourth-order valence-corrected chi connectivity index (χ4v) is 2.81. The third kappa shape index (κ3) is 3.72. The zero-order valence-corrected chi connectivity index (χ0v) is 14.8. The number of benzene rings is 2. The van der Waals surface area contributed by atoms with Crippen molar-refractivity contribution in [2.24, 2.45) is 0 Å². The van der Waals surface area contributed by atoms with E-state index in [1.54, 1.807) is 30.1 Å². The van der Waals surface area contributed by atoms with Gasteiger partial charge >= 0.3 is 0 Å². The van der Waals surface area contributed by atoms with Gasteiger partial charge in [0, 0.05) is 18.6 Å². The van der Waals surface area contributed by atoms with E-state index in [1.807, 2.05) is 31.2 Å². The van der Waals surface area contributed by atoms with Crippen molar-refractivity contribution < 1.29 is 4.79 Å². The normalized spacial score (nSPS) is 10.8. The molecule has 5 nitrogen and oxygen atoms in total. The van der Waals surface area contributed by atoms with E-state index in [1.165, 1.54) is 10.9 Å². The number of rotatable bonds is 4. The van der Waals surface area contributed by atoms with Crippen molar-refractivity contribution in [3.8, 4) is 0 Å². The Labute approximate surface area is 150 Å². The summed E-state index contributed by atoms with van der Waals surface area (Å²) in [6.45, 7) is 2.46. The van der Waals surface area contributed by atoms with Crippen LogP contribution in [0.5, 0.6) is 0 Å². The minimum absolute atomic E-state index is 0.0488. The third-order valence-electron chi connectivity index (χ3n) is 4.19. The largest absolute Gasteiger partial charge is 0.340 e. The van der Waals surface area contributed by atoms with Crippen LogP contribution in [0.4, 0.5) is 0 Å². The van der Waals surface area contributed by atoms with E-state index in [9.17, 15) is 9.59 Å². The van der Waals surface area contributed by atoms with Crippen LogP contribution in [-0.4, -0.2) is 27.4 Å². The minimum Gasteiger partial charge on any atom is -0.340 e. The molecule has 1 aromatic heterocycles. The number of aromatic nitrogens is 2. The Bertz CT molecular complexity index is 997. The molecular weight excluding hydrogens is 338 g/mol. The Morgan fingerprint density at radius 1 is 1.24 bits per heavy atom. The van der Waals surface area contributed by atoms with Gasteiger partial charge in [-0.05, 0) is 36.2 Å². The summed E-state index contributed by atoms with van der Waals surface area (Å²) in [5.41, 5.74) is 2.48. The summed E-state index contributed by atoms with van der Waals surface area (Å²) in [4.78, 5) is 30.8. The third-order valence-corrected chi connectivity index (χ3v) is 4.42. The zero-order valence-electron chi connectivity index (χ0n) is 14.1. The number of aryl methyl sites for hydroxylation is 1. The standard InChI is InChI=1S/C19H18ClN3O2/c1-13-5-3-4-6-14(13)10-22(2)18(24)11-23-12-21-17-9-15(20)7-8-16(17)19(23)25/h3-9,12H,10-11H2,1-2H3. The first-order chi connectivity index (χ1) is 12.0. The molecule has 0 fully saturated rings. The Morgan fingerprint density at radius 2 is 2.00 bits per heavy atom. The van der Waals surface area contributed by atoms with Crippen molar-refractivity contribution in [3.05, 3.63) is 75.3 Å². The molecule has 0 aliphatic carbocycles. The lowest BCUT2D eigenvalue weighted by Gasteiger charge is -2.19. The van der Waals surface area contributed by atoms with E-state index < -0.39 is 0 Å². The van der Waals surface area contributed by atoms with Gasteiger partial charge in [-0.25, -0.2) is 4.98 Å². The SMILES string of the molecule is Cc1ccccc1CN(C)C(=O)Cn1cnc2cc(Cl)ccc2c1=O. The van der Waals surface area contributed by atoms with Gasteiger partial charge in [0.2, 0.25) is 5.91 Å². The summed E-state index contributed by atoms with van der Waals surface area (Å²) < 4.78 is 1.33. The summed E-state index contributed by atoms with van der Waals surface area (Å²) in [5, 5.41) is 0.965. The topological polar surface area (TPSA) is 55.2 Å². The number of amides is 1. The van der Waals surface area contributed by atoms with E-state index in [0.29, 0.717) is 22.5 Å². The maximum absolute atomic E-state index is 12.5. The highest BCUT2D eigenvalue weighted by molar-refractivity contribution is 6.31. The Balaban J connectivity index is 1.80. The average molecular weight is 356 g/mol. The molecule has 0 saturated carbocycles. The summed E-state index contributed by atoms with van der Waals surface area (Å²) >= 11 is 5.92. The highest BCUT2D eigenvalue weighted by Gasteiger charge is 2.13. The van der Waals surface area contributed by atoms with Crippen LogP contribution in [0.25, 0.3) is 10.9 Å². The van der Waals surface area contributed by atoms with Gasteiger partial charge in [0.25, 0.3) is 5.56 Å². The maximum atomic E-state index is 12.5. The highest BCUT2D eigenvalue weighted by atomic mass is 35.5. The van der Waals surface area contributed by atoms with Crippen molar-refractivity contribution in [2.75, 3.05) is 7.05 Å². The van der Waals surface area contributed by atoms with Gasteiger partial charge < -0.3 is 4.90 Å². The lowest BCUT2D eigenvalue weighted by molar-refractivity contribution is -0.131. The van der Waals surface area contributed by atoms with Crippen LogP contribution in [0.1, 0.15) is 11.1 Å². The molecule has 0 aliphatic rings. The van der Waals surface area contributed by atoms with Crippen molar-refractivity contribution in [2.45, 2.75) is 20.0 Å². The fraction of sp³-hybridized carbons (Fsp3) is 0.211.